The molecule has 106 valence electrons. The number of aliphatic carboxylic acids is 1. The SMILES string of the molecule is COCCC(NS(=O)(=O)c1ncccc1F)C(=O)O. The highest BCUT2D eigenvalue weighted by atomic mass is 32.2. The number of rotatable bonds is 7. The van der Waals surface area contributed by atoms with Crippen LogP contribution in [-0.2, 0) is 19.6 Å². The van der Waals surface area contributed by atoms with Gasteiger partial charge in [-0.15, -0.1) is 0 Å². The number of halogens is 1. The monoisotopic (exact) mass is 292 g/mol. The number of hydrogen-bond donors (Lipinski definition) is 2. The van der Waals surface area contributed by atoms with Crippen molar-refractivity contribution in [3.63, 3.8) is 0 Å². The van der Waals surface area contributed by atoms with Crippen LogP contribution in [0.25, 0.3) is 0 Å². The third-order valence-electron chi connectivity index (χ3n) is 2.19. The van der Waals surface area contributed by atoms with E-state index in [4.69, 9.17) is 5.11 Å². The fraction of sp³-hybridized carbons (Fsp3) is 0.400. The van der Waals surface area contributed by atoms with E-state index < -0.39 is 32.9 Å². The van der Waals surface area contributed by atoms with Gasteiger partial charge in [0.1, 0.15) is 6.04 Å². The molecule has 0 aliphatic rings. The van der Waals surface area contributed by atoms with Crippen LogP contribution in [0.2, 0.25) is 0 Å². The summed E-state index contributed by atoms with van der Waals surface area (Å²) in [7, 11) is -2.99. The zero-order valence-corrected chi connectivity index (χ0v) is 10.9. The van der Waals surface area contributed by atoms with E-state index in [1.807, 2.05) is 4.72 Å². The largest absolute Gasteiger partial charge is 0.480 e. The van der Waals surface area contributed by atoms with Crippen LogP contribution in [0.5, 0.6) is 0 Å². The predicted octanol–water partition coefficient (Wildman–Crippen LogP) is -0.0113. The lowest BCUT2D eigenvalue weighted by molar-refractivity contribution is -0.139. The van der Waals surface area contributed by atoms with Crippen LogP contribution in [0.1, 0.15) is 6.42 Å². The summed E-state index contributed by atoms with van der Waals surface area (Å²) in [5.41, 5.74) is 0. The molecule has 0 spiro atoms. The minimum Gasteiger partial charge on any atom is -0.480 e. The number of methoxy groups -OCH3 is 1. The Bertz CT molecular complexity index is 549. The molecule has 1 aromatic heterocycles. The second-order valence-corrected chi connectivity index (χ2v) is 5.21. The van der Waals surface area contributed by atoms with Gasteiger partial charge in [0.2, 0.25) is 5.03 Å². The second kappa shape index (κ2) is 6.55. The molecule has 9 heteroatoms. The fourth-order valence-corrected chi connectivity index (χ4v) is 2.51. The minimum absolute atomic E-state index is 0.0458. The molecular formula is C10H13FN2O5S. The molecule has 1 rings (SSSR count). The van der Waals surface area contributed by atoms with Gasteiger partial charge >= 0.3 is 5.97 Å². The van der Waals surface area contributed by atoms with Crippen LogP contribution >= 0.6 is 0 Å². The number of carboxylic acids is 1. The third-order valence-corrected chi connectivity index (χ3v) is 3.59. The maximum absolute atomic E-state index is 13.3. The number of carboxylic acid groups (broad SMARTS) is 1. The van der Waals surface area contributed by atoms with Gasteiger partial charge in [-0.3, -0.25) is 4.79 Å². The maximum Gasteiger partial charge on any atom is 0.321 e. The molecule has 1 unspecified atom stereocenters. The number of nitrogens with one attached hydrogen (secondary N) is 1. The van der Waals surface area contributed by atoms with E-state index in [9.17, 15) is 17.6 Å². The summed E-state index contributed by atoms with van der Waals surface area (Å²) < 4.78 is 43.5. The Kier molecular flexibility index (Phi) is 5.33. The first-order valence-corrected chi connectivity index (χ1v) is 6.71. The van der Waals surface area contributed by atoms with Crippen molar-refractivity contribution in [3.8, 4) is 0 Å². The van der Waals surface area contributed by atoms with Gasteiger partial charge in [0.25, 0.3) is 10.0 Å². The van der Waals surface area contributed by atoms with Gasteiger partial charge in [0, 0.05) is 19.9 Å². The molecule has 0 saturated heterocycles. The molecule has 7 nitrogen and oxygen atoms in total. The molecule has 0 fully saturated rings. The van der Waals surface area contributed by atoms with E-state index in [0.29, 0.717) is 0 Å². The molecule has 2 N–H and O–H groups in total. The molecule has 0 amide bonds. The number of sulfonamides is 1. The van der Waals surface area contributed by atoms with Gasteiger partial charge in [-0.25, -0.2) is 17.8 Å². The van der Waals surface area contributed by atoms with E-state index in [1.165, 1.54) is 13.2 Å². The Hall–Kier alpha value is -1.58. The summed E-state index contributed by atoms with van der Waals surface area (Å²) in [6.45, 7) is 0.0458. The van der Waals surface area contributed by atoms with E-state index >= 15 is 0 Å². The molecule has 0 aromatic carbocycles. The lowest BCUT2D eigenvalue weighted by atomic mass is 10.2. The van der Waals surface area contributed by atoms with Crippen LogP contribution in [-0.4, -0.2) is 44.2 Å². The van der Waals surface area contributed by atoms with E-state index in [2.05, 4.69) is 9.72 Å². The highest BCUT2D eigenvalue weighted by Crippen LogP contribution is 2.11. The lowest BCUT2D eigenvalue weighted by Crippen LogP contribution is -2.42. The molecule has 0 aliphatic heterocycles. The third kappa shape index (κ3) is 4.23. The van der Waals surface area contributed by atoms with Gasteiger partial charge in [-0.2, -0.15) is 4.72 Å². The zero-order chi connectivity index (χ0) is 14.5. The van der Waals surface area contributed by atoms with Crippen LogP contribution in [0.4, 0.5) is 4.39 Å². The molecule has 0 radical (unpaired) electrons. The fourth-order valence-electron chi connectivity index (χ4n) is 1.28. The summed E-state index contributed by atoms with van der Waals surface area (Å²) in [5, 5.41) is 8.05. The lowest BCUT2D eigenvalue weighted by Gasteiger charge is -2.14. The Morgan fingerprint density at radius 2 is 2.32 bits per heavy atom. The summed E-state index contributed by atoms with van der Waals surface area (Å²) in [5.74, 6) is -2.43. The van der Waals surface area contributed by atoms with Crippen molar-refractivity contribution >= 4 is 16.0 Å². The average molecular weight is 292 g/mol. The van der Waals surface area contributed by atoms with Crippen molar-refractivity contribution in [2.75, 3.05) is 13.7 Å². The quantitative estimate of drug-likeness (QED) is 0.732. The first-order valence-electron chi connectivity index (χ1n) is 5.23. The number of pyridine rings is 1. The van der Waals surface area contributed by atoms with E-state index in [0.717, 1.165) is 12.3 Å². The summed E-state index contributed by atoms with van der Waals surface area (Å²) >= 11 is 0. The Morgan fingerprint density at radius 1 is 1.63 bits per heavy atom. The Balaban J connectivity index is 2.95. The number of aromatic nitrogens is 1. The van der Waals surface area contributed by atoms with Crippen molar-refractivity contribution in [1.82, 2.24) is 9.71 Å². The van der Waals surface area contributed by atoms with Crippen LogP contribution < -0.4 is 4.72 Å². The second-order valence-electron chi connectivity index (χ2n) is 3.58. The molecule has 0 saturated carbocycles. The number of carbonyl (C=O) groups is 1. The van der Waals surface area contributed by atoms with Crippen molar-refractivity contribution in [1.29, 1.82) is 0 Å². The van der Waals surface area contributed by atoms with Crippen LogP contribution in [0.15, 0.2) is 23.4 Å². The summed E-state index contributed by atoms with van der Waals surface area (Å²) in [4.78, 5) is 14.3. The van der Waals surface area contributed by atoms with Gasteiger partial charge in [-0.05, 0) is 18.6 Å². The number of ether oxygens (including phenoxy) is 1. The van der Waals surface area contributed by atoms with Crippen LogP contribution in [0.3, 0.4) is 0 Å². The first-order chi connectivity index (χ1) is 8.88. The molecule has 0 bridgehead atoms. The smallest absolute Gasteiger partial charge is 0.321 e. The van der Waals surface area contributed by atoms with E-state index in [-0.39, 0.29) is 13.0 Å². The highest BCUT2D eigenvalue weighted by molar-refractivity contribution is 7.89. The summed E-state index contributed by atoms with van der Waals surface area (Å²) in [6.07, 6.45) is 1.02. The number of hydrogen-bond acceptors (Lipinski definition) is 5. The van der Waals surface area contributed by atoms with Crippen molar-refractivity contribution in [3.05, 3.63) is 24.1 Å². The van der Waals surface area contributed by atoms with Crippen molar-refractivity contribution in [2.24, 2.45) is 0 Å². The van der Waals surface area contributed by atoms with Gasteiger partial charge < -0.3 is 9.84 Å². The topological polar surface area (TPSA) is 106 Å². The standard InChI is InChI=1S/C10H13FN2O5S/c1-18-6-4-8(10(14)15)13-19(16,17)9-7(11)3-2-5-12-9/h2-3,5,8,13H,4,6H2,1H3,(H,14,15). The van der Waals surface area contributed by atoms with Gasteiger partial charge in [0.05, 0.1) is 0 Å². The molecule has 1 aromatic rings. The predicted molar refractivity (Wildman–Crippen MR) is 62.4 cm³/mol. The van der Waals surface area contributed by atoms with Crippen molar-refractivity contribution in [2.45, 2.75) is 17.5 Å². The number of nitrogens with zero attached hydrogens (tertiary/aromatic N) is 1. The maximum atomic E-state index is 13.3. The van der Waals surface area contributed by atoms with E-state index in [1.54, 1.807) is 0 Å². The van der Waals surface area contributed by atoms with Crippen LogP contribution in [0, 0.1) is 5.82 Å². The Labute approximate surface area is 109 Å². The summed E-state index contributed by atoms with van der Waals surface area (Å²) in [6, 6.07) is 0.742. The Morgan fingerprint density at radius 3 is 2.84 bits per heavy atom. The average Bonchev–Trinajstić information content (AvgIpc) is 2.34. The van der Waals surface area contributed by atoms with Crippen molar-refractivity contribution < 1.29 is 27.4 Å². The zero-order valence-electron chi connectivity index (χ0n) is 10.0. The first kappa shape index (κ1) is 15.5. The van der Waals surface area contributed by atoms with Gasteiger partial charge in [0.15, 0.2) is 5.82 Å². The normalized spacial score (nSPS) is 13.2. The molecule has 19 heavy (non-hydrogen) atoms. The highest BCUT2D eigenvalue weighted by Gasteiger charge is 2.28. The minimum atomic E-state index is -4.34. The molecule has 1 atom stereocenters. The van der Waals surface area contributed by atoms with Gasteiger partial charge in [-0.1, -0.05) is 0 Å². The molecule has 1 heterocycles. The molecular weight excluding hydrogens is 279 g/mol. The molecule has 0 aliphatic carbocycles.